The van der Waals surface area contributed by atoms with Crippen LogP contribution in [0.5, 0.6) is 11.5 Å². The van der Waals surface area contributed by atoms with Crippen LogP contribution in [-0.2, 0) is 9.53 Å². The van der Waals surface area contributed by atoms with Crippen molar-refractivity contribution in [1.29, 1.82) is 0 Å². The zero-order chi connectivity index (χ0) is 28.9. The van der Waals surface area contributed by atoms with Crippen LogP contribution >= 0.6 is 0 Å². The van der Waals surface area contributed by atoms with Crippen molar-refractivity contribution in [1.82, 2.24) is 0 Å². The molecule has 5 N–H and O–H groups in total. The summed E-state index contributed by atoms with van der Waals surface area (Å²) >= 11 is 0. The molecule has 4 rings (SSSR count). The number of nitrogens with two attached hydrogens (primary N) is 1. The van der Waals surface area contributed by atoms with Crippen molar-refractivity contribution < 1.29 is 28.9 Å². The Kier molecular flexibility index (Phi) is 10.3. The van der Waals surface area contributed by atoms with Gasteiger partial charge in [0.05, 0.1) is 18.0 Å². The van der Waals surface area contributed by atoms with Gasteiger partial charge in [-0.2, -0.15) is 0 Å². The topological polar surface area (TPSA) is 132 Å². The third-order valence-electron chi connectivity index (χ3n) is 5.79. The molecule has 0 aliphatic heterocycles. The lowest BCUT2D eigenvalue weighted by Gasteiger charge is -2.26. The number of nitrogens with one attached hydrogen (secondary N) is 2. The van der Waals surface area contributed by atoms with Crippen LogP contribution in [0.25, 0.3) is 0 Å². The third kappa shape index (κ3) is 8.87. The van der Waals surface area contributed by atoms with E-state index in [4.69, 9.17) is 25.1 Å². The smallest absolute Gasteiger partial charge is 0.412 e. The predicted octanol–water partition coefficient (Wildman–Crippen LogP) is 5.57. The lowest BCUT2D eigenvalue weighted by Crippen LogP contribution is -2.30. The van der Waals surface area contributed by atoms with E-state index in [0.29, 0.717) is 34.1 Å². The number of hydrogen-bond donors (Lipinski definition) is 4. The average molecular weight is 554 g/mol. The Bertz CT molecular complexity index is 1430. The lowest BCUT2D eigenvalue weighted by molar-refractivity contribution is -0.112. The van der Waals surface area contributed by atoms with Crippen molar-refractivity contribution in [3.05, 3.63) is 127 Å². The van der Waals surface area contributed by atoms with E-state index in [1.807, 2.05) is 24.3 Å². The van der Waals surface area contributed by atoms with E-state index in [-0.39, 0.29) is 13.2 Å². The summed E-state index contributed by atoms with van der Waals surface area (Å²) in [5.74, 6) is 0.603. The second-order valence-corrected chi connectivity index (χ2v) is 8.79. The molecule has 0 saturated carbocycles. The Morgan fingerprint density at radius 3 is 2.15 bits per heavy atom. The molecule has 2 amide bonds. The van der Waals surface area contributed by atoms with Gasteiger partial charge in [-0.3, -0.25) is 10.1 Å². The van der Waals surface area contributed by atoms with Crippen LogP contribution in [-0.4, -0.2) is 36.4 Å². The van der Waals surface area contributed by atoms with Gasteiger partial charge in [-0.1, -0.05) is 60.7 Å². The minimum absolute atomic E-state index is 0.123. The van der Waals surface area contributed by atoms with Gasteiger partial charge >= 0.3 is 6.09 Å². The number of anilines is 3. The number of carbonyl (C=O) groups excluding carboxylic acids is 2. The largest absolute Gasteiger partial charge is 0.491 e. The Morgan fingerprint density at radius 2 is 1.46 bits per heavy atom. The van der Waals surface area contributed by atoms with Crippen LogP contribution < -0.4 is 25.8 Å². The minimum atomic E-state index is -0.975. The molecule has 9 nitrogen and oxygen atoms in total. The van der Waals surface area contributed by atoms with Gasteiger partial charge in [0, 0.05) is 11.8 Å². The van der Waals surface area contributed by atoms with Crippen LogP contribution in [0.2, 0.25) is 0 Å². The highest BCUT2D eigenvalue weighted by Crippen LogP contribution is 2.29. The molecule has 0 aliphatic carbocycles. The molecule has 41 heavy (non-hydrogen) atoms. The van der Waals surface area contributed by atoms with Gasteiger partial charge in [0.25, 0.3) is 0 Å². The summed E-state index contributed by atoms with van der Waals surface area (Å²) < 4.78 is 17.6. The number of aliphatic hydroxyl groups excluding tert-OH is 1. The Labute approximate surface area is 238 Å². The van der Waals surface area contributed by atoms with Gasteiger partial charge in [0.15, 0.2) is 12.2 Å². The summed E-state index contributed by atoms with van der Waals surface area (Å²) in [6, 6.07) is 31.7. The number of hydrogen-bond acceptors (Lipinski definition) is 7. The molecule has 0 fully saturated rings. The SMILES string of the molecule is Nc1ccccc1NC(=O)/C=C/[C@@H](Oc1ccccc1)[C@H](OC(=O)Nc1ccccc1)c1ccc(OCCO)cc1. The number of carbonyl (C=O) groups is 2. The molecular weight excluding hydrogens is 522 g/mol. The standard InChI is InChI=1S/C32H31N3O6/c33-27-13-7-8-14-28(27)35-30(37)20-19-29(40-26-11-5-2-6-12-26)31(23-15-17-25(18-16-23)39-22-21-36)41-32(38)34-24-9-3-1-4-10-24/h1-20,29,31,36H,21-22,33H2,(H,34,38)(H,35,37)/b20-19+/t29-,31-/m1/s1. The highest BCUT2D eigenvalue weighted by molar-refractivity contribution is 6.01. The molecule has 0 saturated heterocycles. The fraction of sp³-hybridized carbons (Fsp3) is 0.125. The van der Waals surface area contributed by atoms with Crippen molar-refractivity contribution in [2.75, 3.05) is 29.6 Å². The van der Waals surface area contributed by atoms with Crippen molar-refractivity contribution in [2.24, 2.45) is 0 Å². The van der Waals surface area contributed by atoms with Crippen LogP contribution in [0.3, 0.4) is 0 Å². The average Bonchev–Trinajstić information content (AvgIpc) is 2.99. The van der Waals surface area contributed by atoms with E-state index in [9.17, 15) is 9.59 Å². The fourth-order valence-corrected chi connectivity index (χ4v) is 3.85. The van der Waals surface area contributed by atoms with E-state index in [2.05, 4.69) is 10.6 Å². The maximum absolute atomic E-state index is 13.0. The molecule has 0 aliphatic rings. The number of rotatable bonds is 12. The van der Waals surface area contributed by atoms with Crippen LogP contribution in [0, 0.1) is 0 Å². The van der Waals surface area contributed by atoms with Crippen molar-refractivity contribution in [3.8, 4) is 11.5 Å². The van der Waals surface area contributed by atoms with Crippen LogP contribution in [0.4, 0.5) is 21.9 Å². The monoisotopic (exact) mass is 553 g/mol. The second-order valence-electron chi connectivity index (χ2n) is 8.79. The number of amides is 2. The molecule has 0 aromatic heterocycles. The minimum Gasteiger partial charge on any atom is -0.491 e. The maximum Gasteiger partial charge on any atom is 0.412 e. The van der Waals surface area contributed by atoms with Gasteiger partial charge in [-0.05, 0) is 60.2 Å². The summed E-state index contributed by atoms with van der Waals surface area (Å²) in [5, 5.41) is 14.5. The molecular formula is C32H31N3O6. The third-order valence-corrected chi connectivity index (χ3v) is 5.79. The first-order valence-electron chi connectivity index (χ1n) is 12.9. The van der Waals surface area contributed by atoms with Crippen molar-refractivity contribution in [3.63, 3.8) is 0 Å². The molecule has 210 valence electrons. The van der Waals surface area contributed by atoms with Gasteiger partial charge in [-0.15, -0.1) is 0 Å². The second kappa shape index (κ2) is 14.8. The predicted molar refractivity (Wildman–Crippen MR) is 158 cm³/mol. The van der Waals surface area contributed by atoms with E-state index in [1.165, 1.54) is 12.2 Å². The van der Waals surface area contributed by atoms with Crippen molar-refractivity contribution >= 4 is 29.1 Å². The Morgan fingerprint density at radius 1 is 0.805 bits per heavy atom. The first-order valence-corrected chi connectivity index (χ1v) is 12.9. The number of benzene rings is 4. The first-order chi connectivity index (χ1) is 20.0. The van der Waals surface area contributed by atoms with Crippen LogP contribution in [0.1, 0.15) is 11.7 Å². The summed E-state index contributed by atoms with van der Waals surface area (Å²) in [4.78, 5) is 25.8. The molecule has 4 aromatic carbocycles. The highest BCUT2D eigenvalue weighted by Gasteiger charge is 2.28. The fourth-order valence-electron chi connectivity index (χ4n) is 3.85. The van der Waals surface area contributed by atoms with Crippen LogP contribution in [0.15, 0.2) is 121 Å². The number of ether oxygens (including phenoxy) is 3. The number of para-hydroxylation sites is 4. The van der Waals surface area contributed by atoms with E-state index < -0.39 is 24.2 Å². The first kappa shape index (κ1) is 28.7. The van der Waals surface area contributed by atoms with Gasteiger partial charge in [-0.25, -0.2) is 4.79 Å². The summed E-state index contributed by atoms with van der Waals surface area (Å²) in [7, 11) is 0. The molecule has 9 heteroatoms. The zero-order valence-electron chi connectivity index (χ0n) is 22.2. The molecule has 0 unspecified atom stereocenters. The molecule has 2 atom stereocenters. The highest BCUT2D eigenvalue weighted by atomic mass is 16.6. The maximum atomic E-state index is 13.0. The van der Waals surface area contributed by atoms with Gasteiger partial charge in [0.2, 0.25) is 5.91 Å². The summed E-state index contributed by atoms with van der Waals surface area (Å²) in [6.07, 6.45) is 0.236. The molecule has 0 heterocycles. The number of aliphatic hydroxyl groups is 1. The Hall–Kier alpha value is -5.28. The quantitative estimate of drug-likeness (QED) is 0.133. The lowest BCUT2D eigenvalue weighted by atomic mass is 10.0. The molecule has 0 radical (unpaired) electrons. The molecule has 0 bridgehead atoms. The molecule has 4 aromatic rings. The molecule has 0 spiro atoms. The normalized spacial score (nSPS) is 12.2. The van der Waals surface area contributed by atoms with E-state index in [1.54, 1.807) is 84.9 Å². The van der Waals surface area contributed by atoms with E-state index in [0.717, 1.165) is 0 Å². The van der Waals surface area contributed by atoms with Gasteiger partial charge < -0.3 is 30.4 Å². The summed E-state index contributed by atoms with van der Waals surface area (Å²) in [6.45, 7) is 0.0178. The zero-order valence-corrected chi connectivity index (χ0v) is 22.2. The number of nitrogen functional groups attached to an aromatic ring is 1. The summed E-state index contributed by atoms with van der Waals surface area (Å²) in [5.41, 5.74) is 7.99. The van der Waals surface area contributed by atoms with Gasteiger partial charge in [0.1, 0.15) is 18.1 Å². The van der Waals surface area contributed by atoms with Crippen molar-refractivity contribution in [2.45, 2.75) is 12.2 Å². The Balaban J connectivity index is 1.63. The van der Waals surface area contributed by atoms with E-state index >= 15 is 0 Å².